The molecule has 0 saturated carbocycles. The monoisotopic (exact) mass is 222 g/mol. The molecule has 0 saturated heterocycles. The minimum atomic E-state index is -0.600. The molecule has 0 N–H and O–H groups in total. The highest BCUT2D eigenvalue weighted by molar-refractivity contribution is 5.75. The lowest BCUT2D eigenvalue weighted by molar-refractivity contribution is -0.138. The average molecular weight is 222 g/mol. The van der Waals surface area contributed by atoms with E-state index in [0.717, 1.165) is 0 Å². The molecule has 0 unspecified atom stereocenters. The summed E-state index contributed by atoms with van der Waals surface area (Å²) in [5.74, 6) is -1.01. The highest BCUT2D eigenvalue weighted by Gasteiger charge is 2.09. The summed E-state index contributed by atoms with van der Waals surface area (Å²) in [6.07, 6.45) is 0. The number of anilines is 1. The van der Waals surface area contributed by atoms with Crippen LogP contribution in [0.25, 0.3) is 0 Å². The van der Waals surface area contributed by atoms with Crippen molar-refractivity contribution in [1.82, 2.24) is 0 Å². The maximum Gasteiger partial charge on any atom is 0.325 e. The van der Waals surface area contributed by atoms with Gasteiger partial charge in [-0.25, -0.2) is 4.39 Å². The first kappa shape index (κ1) is 12.0. The van der Waals surface area contributed by atoms with Crippen LogP contribution in [0.5, 0.6) is 0 Å². The fourth-order valence-corrected chi connectivity index (χ4v) is 1.18. The van der Waals surface area contributed by atoms with E-state index < -0.39 is 11.8 Å². The van der Waals surface area contributed by atoms with Crippen molar-refractivity contribution in [2.45, 2.75) is 0 Å². The van der Waals surface area contributed by atoms with Gasteiger partial charge in [0.15, 0.2) is 0 Å². The van der Waals surface area contributed by atoms with Gasteiger partial charge in [0.05, 0.1) is 12.7 Å². The van der Waals surface area contributed by atoms with Crippen molar-refractivity contribution in [3.05, 3.63) is 29.6 Å². The van der Waals surface area contributed by atoms with Crippen LogP contribution in [0.15, 0.2) is 18.2 Å². The maximum absolute atomic E-state index is 13.3. The van der Waals surface area contributed by atoms with E-state index in [1.54, 1.807) is 19.2 Å². The van der Waals surface area contributed by atoms with Crippen LogP contribution in [0.3, 0.4) is 0 Å². The number of esters is 1. The number of likely N-dealkylation sites (N-methyl/N-ethyl adjacent to an activating group) is 1. The molecule has 84 valence electrons. The summed E-state index contributed by atoms with van der Waals surface area (Å²) in [5, 5.41) is 8.55. The van der Waals surface area contributed by atoms with Gasteiger partial charge in [0.1, 0.15) is 18.4 Å². The van der Waals surface area contributed by atoms with Crippen molar-refractivity contribution < 1.29 is 13.9 Å². The number of carbonyl (C=O) groups is 1. The number of nitrogens with zero attached hydrogens (tertiary/aromatic N) is 2. The van der Waals surface area contributed by atoms with Crippen LogP contribution in [-0.4, -0.2) is 26.7 Å². The average Bonchev–Trinajstić information content (AvgIpc) is 2.28. The summed E-state index contributed by atoms with van der Waals surface area (Å²) < 4.78 is 17.8. The first-order valence-corrected chi connectivity index (χ1v) is 4.56. The third kappa shape index (κ3) is 2.70. The number of halogens is 1. The molecule has 16 heavy (non-hydrogen) atoms. The predicted molar refractivity (Wildman–Crippen MR) is 56.4 cm³/mol. The molecule has 0 atom stereocenters. The first-order valence-electron chi connectivity index (χ1n) is 4.56. The predicted octanol–water partition coefficient (Wildman–Crippen LogP) is 1.31. The van der Waals surface area contributed by atoms with Gasteiger partial charge < -0.3 is 9.64 Å². The van der Waals surface area contributed by atoms with Gasteiger partial charge in [-0.3, -0.25) is 4.79 Å². The Morgan fingerprint density at radius 2 is 2.31 bits per heavy atom. The molecule has 0 amide bonds. The van der Waals surface area contributed by atoms with Crippen molar-refractivity contribution >= 4 is 11.7 Å². The first-order chi connectivity index (χ1) is 7.58. The van der Waals surface area contributed by atoms with E-state index in [-0.39, 0.29) is 12.1 Å². The van der Waals surface area contributed by atoms with Crippen molar-refractivity contribution in [2.75, 3.05) is 25.6 Å². The summed E-state index contributed by atoms with van der Waals surface area (Å²) in [7, 11) is 2.92. The zero-order chi connectivity index (χ0) is 12.1. The maximum atomic E-state index is 13.3. The Hall–Kier alpha value is -2.09. The van der Waals surface area contributed by atoms with Gasteiger partial charge in [-0.05, 0) is 18.2 Å². The number of nitriles is 1. The summed E-state index contributed by atoms with van der Waals surface area (Å²) in [5.41, 5.74) is 0.497. The lowest BCUT2D eigenvalue weighted by Crippen LogP contribution is -2.26. The largest absolute Gasteiger partial charge is 0.468 e. The Morgan fingerprint density at radius 3 is 2.81 bits per heavy atom. The Morgan fingerprint density at radius 1 is 1.62 bits per heavy atom. The zero-order valence-corrected chi connectivity index (χ0v) is 9.03. The molecule has 4 nitrogen and oxygen atoms in total. The van der Waals surface area contributed by atoms with Crippen molar-refractivity contribution in [3.8, 4) is 6.07 Å². The minimum absolute atomic E-state index is 0.0183. The van der Waals surface area contributed by atoms with Crippen LogP contribution in [0.4, 0.5) is 10.1 Å². The van der Waals surface area contributed by atoms with Crippen LogP contribution in [0.2, 0.25) is 0 Å². The van der Waals surface area contributed by atoms with E-state index >= 15 is 0 Å². The van der Waals surface area contributed by atoms with E-state index in [0.29, 0.717) is 5.69 Å². The molecule has 0 aromatic heterocycles. The number of methoxy groups -OCH3 is 1. The van der Waals surface area contributed by atoms with E-state index in [4.69, 9.17) is 5.26 Å². The Balaban J connectivity index is 2.85. The number of hydrogen-bond acceptors (Lipinski definition) is 4. The van der Waals surface area contributed by atoms with E-state index in [1.165, 1.54) is 24.1 Å². The molecule has 0 fully saturated rings. The lowest BCUT2D eigenvalue weighted by Gasteiger charge is -2.17. The second-order valence-corrected chi connectivity index (χ2v) is 3.21. The molecular weight excluding hydrogens is 211 g/mol. The Bertz CT molecular complexity index is 440. The van der Waals surface area contributed by atoms with Gasteiger partial charge in [0.25, 0.3) is 0 Å². The minimum Gasteiger partial charge on any atom is -0.468 e. The van der Waals surface area contributed by atoms with Crippen LogP contribution in [-0.2, 0) is 9.53 Å². The number of hydrogen-bond donors (Lipinski definition) is 0. The molecule has 0 aliphatic rings. The molecule has 0 bridgehead atoms. The van der Waals surface area contributed by atoms with Gasteiger partial charge in [-0.15, -0.1) is 0 Å². The van der Waals surface area contributed by atoms with Crippen LogP contribution in [0, 0.1) is 17.1 Å². The second-order valence-electron chi connectivity index (χ2n) is 3.21. The third-order valence-corrected chi connectivity index (χ3v) is 2.11. The number of ether oxygens (including phenoxy) is 1. The fourth-order valence-electron chi connectivity index (χ4n) is 1.18. The van der Waals surface area contributed by atoms with Crippen molar-refractivity contribution in [3.63, 3.8) is 0 Å². The van der Waals surface area contributed by atoms with E-state index in [1.807, 2.05) is 0 Å². The fraction of sp³-hybridized carbons (Fsp3) is 0.273. The Labute approximate surface area is 92.8 Å². The number of carbonyl (C=O) groups excluding carboxylic acids is 1. The zero-order valence-electron chi connectivity index (χ0n) is 9.03. The highest BCUT2D eigenvalue weighted by atomic mass is 19.1. The summed E-state index contributed by atoms with van der Waals surface area (Å²) in [6, 6.07) is 5.89. The lowest BCUT2D eigenvalue weighted by atomic mass is 10.2. The molecule has 0 aliphatic carbocycles. The van der Waals surface area contributed by atoms with Gasteiger partial charge in [-0.1, -0.05) is 0 Å². The Kier molecular flexibility index (Phi) is 3.84. The molecule has 1 aromatic carbocycles. The molecule has 0 heterocycles. The highest BCUT2D eigenvalue weighted by Crippen LogP contribution is 2.16. The molecule has 5 heteroatoms. The van der Waals surface area contributed by atoms with Crippen molar-refractivity contribution in [2.24, 2.45) is 0 Å². The normalized spacial score (nSPS) is 9.38. The van der Waals surface area contributed by atoms with Crippen LogP contribution >= 0.6 is 0 Å². The third-order valence-electron chi connectivity index (χ3n) is 2.11. The molecule has 0 spiro atoms. The van der Waals surface area contributed by atoms with E-state index in [2.05, 4.69) is 4.74 Å². The van der Waals surface area contributed by atoms with Gasteiger partial charge in [-0.2, -0.15) is 5.26 Å². The number of rotatable bonds is 3. The van der Waals surface area contributed by atoms with Gasteiger partial charge in [0.2, 0.25) is 0 Å². The molecular formula is C11H11FN2O2. The van der Waals surface area contributed by atoms with Crippen molar-refractivity contribution in [1.29, 1.82) is 5.26 Å². The smallest absolute Gasteiger partial charge is 0.325 e. The van der Waals surface area contributed by atoms with Gasteiger partial charge >= 0.3 is 5.97 Å². The quantitative estimate of drug-likeness (QED) is 0.723. The summed E-state index contributed by atoms with van der Waals surface area (Å²) in [6.45, 7) is 0.0296. The molecule has 1 aromatic rings. The standard InChI is InChI=1S/C11H11FN2O2/c1-14(7-11(15)16-2)9-4-3-8(6-13)10(12)5-9/h3-5H,7H2,1-2H3. The van der Waals surface area contributed by atoms with Crippen LogP contribution < -0.4 is 4.90 Å². The SMILES string of the molecule is COC(=O)CN(C)c1ccc(C#N)c(F)c1. The second kappa shape index (κ2) is 5.12. The summed E-state index contributed by atoms with van der Waals surface area (Å²) in [4.78, 5) is 12.5. The molecule has 0 radical (unpaired) electrons. The molecule has 1 rings (SSSR count). The van der Waals surface area contributed by atoms with E-state index in [9.17, 15) is 9.18 Å². The topological polar surface area (TPSA) is 53.3 Å². The van der Waals surface area contributed by atoms with Crippen LogP contribution in [0.1, 0.15) is 5.56 Å². The number of benzene rings is 1. The van der Waals surface area contributed by atoms with Gasteiger partial charge in [0, 0.05) is 12.7 Å². The summed E-state index contributed by atoms with van der Waals surface area (Å²) >= 11 is 0. The molecule has 0 aliphatic heterocycles.